The Morgan fingerprint density at radius 3 is 2.34 bits per heavy atom. The van der Waals surface area contributed by atoms with Gasteiger partial charge in [0.15, 0.2) is 5.13 Å². The maximum atomic E-state index is 13.8. The Hall–Kier alpha value is -3.38. The lowest BCUT2D eigenvalue weighted by Gasteiger charge is -2.30. The number of rotatable bonds is 9. The molecule has 9 nitrogen and oxygen atoms in total. The van der Waals surface area contributed by atoms with Crippen molar-refractivity contribution in [3.05, 3.63) is 71.8 Å². The van der Waals surface area contributed by atoms with Gasteiger partial charge in [0, 0.05) is 25.2 Å². The summed E-state index contributed by atoms with van der Waals surface area (Å²) in [6, 6.07) is 17.3. The molecule has 1 aliphatic heterocycles. The van der Waals surface area contributed by atoms with Crippen molar-refractivity contribution in [2.24, 2.45) is 0 Å². The van der Waals surface area contributed by atoms with Gasteiger partial charge in [0.05, 0.1) is 24.8 Å². The van der Waals surface area contributed by atoms with Crippen LogP contribution in [0.5, 0.6) is 11.5 Å². The molecule has 3 aromatic carbocycles. The topological polar surface area (TPSA) is 92.3 Å². The van der Waals surface area contributed by atoms with Crippen LogP contribution in [0.3, 0.4) is 0 Å². The number of aromatic nitrogens is 1. The van der Waals surface area contributed by atoms with E-state index in [1.54, 1.807) is 37.3 Å². The number of carbonyl (C=O) groups is 1. The van der Waals surface area contributed by atoms with E-state index >= 15 is 0 Å². The molecule has 0 fully saturated rings. The van der Waals surface area contributed by atoms with Crippen LogP contribution < -0.4 is 18.7 Å². The van der Waals surface area contributed by atoms with Crippen molar-refractivity contribution in [3.8, 4) is 11.5 Å². The molecule has 12 heteroatoms. The van der Waals surface area contributed by atoms with Gasteiger partial charge in [0.1, 0.15) is 21.7 Å². The van der Waals surface area contributed by atoms with Gasteiger partial charge in [0.25, 0.3) is 15.9 Å². The quantitative estimate of drug-likeness (QED) is 0.259. The molecule has 0 bridgehead atoms. The predicted molar refractivity (Wildman–Crippen MR) is 166 cm³/mol. The second kappa shape index (κ2) is 12.6. The monoisotopic (exact) mass is 616 g/mol. The van der Waals surface area contributed by atoms with Crippen LogP contribution >= 0.6 is 23.7 Å². The Bertz CT molecular complexity index is 1600. The van der Waals surface area contributed by atoms with Gasteiger partial charge in [-0.15, -0.1) is 12.4 Å². The van der Waals surface area contributed by atoms with Gasteiger partial charge in [-0.3, -0.25) is 14.0 Å². The lowest BCUT2D eigenvalue weighted by molar-refractivity contribution is 0.0985. The minimum Gasteiger partial charge on any atom is -0.495 e. The first-order valence-corrected chi connectivity index (χ1v) is 15.2. The zero-order valence-corrected chi connectivity index (χ0v) is 25.8. The third-order valence-corrected chi connectivity index (χ3v) is 9.82. The van der Waals surface area contributed by atoms with Crippen LogP contribution in [0.4, 0.5) is 10.8 Å². The first-order valence-electron chi connectivity index (χ1n) is 12.9. The van der Waals surface area contributed by atoms with Crippen molar-refractivity contribution >= 4 is 60.7 Å². The van der Waals surface area contributed by atoms with Gasteiger partial charge in [-0.2, -0.15) is 0 Å². The first-order chi connectivity index (χ1) is 19.2. The zero-order valence-electron chi connectivity index (χ0n) is 23.4. The molecule has 0 saturated carbocycles. The van der Waals surface area contributed by atoms with Gasteiger partial charge in [-0.1, -0.05) is 29.5 Å². The molecule has 0 unspecified atom stereocenters. The highest BCUT2D eigenvalue weighted by atomic mass is 35.5. The lowest BCUT2D eigenvalue weighted by atomic mass is 10.0. The SMILES string of the molecule is COc1ccc(OC)c2sc(N(CCN(C)C)C(=O)c3ccc(S(=O)(=O)N4CCCc5ccccc54)cc3)nc12.Cl. The number of carbonyl (C=O) groups excluding carboxylic acids is 1. The molecular formula is C29H33ClN4O5S2. The molecule has 2 heterocycles. The molecule has 0 spiro atoms. The number of sulfonamides is 1. The Kier molecular flexibility index (Phi) is 9.43. The molecule has 5 rings (SSSR count). The Balaban J connectivity index is 0.00000387. The Morgan fingerprint density at radius 1 is 0.976 bits per heavy atom. The molecule has 1 amide bonds. The third-order valence-electron chi connectivity index (χ3n) is 6.90. The second-order valence-corrected chi connectivity index (χ2v) is 12.6. The number of nitrogens with zero attached hydrogens (tertiary/aromatic N) is 4. The van der Waals surface area contributed by atoms with E-state index in [1.165, 1.54) is 27.8 Å². The summed E-state index contributed by atoms with van der Waals surface area (Å²) in [4.78, 5) is 22.3. The number of anilines is 2. The zero-order chi connectivity index (χ0) is 28.4. The first kappa shape index (κ1) is 30.6. The van der Waals surface area contributed by atoms with Crippen LogP contribution in [0.2, 0.25) is 0 Å². The van der Waals surface area contributed by atoms with Crippen molar-refractivity contribution in [2.45, 2.75) is 17.7 Å². The Morgan fingerprint density at radius 2 is 1.66 bits per heavy atom. The fraction of sp³-hybridized carbons (Fsp3) is 0.310. The van der Waals surface area contributed by atoms with Crippen molar-refractivity contribution in [1.29, 1.82) is 0 Å². The molecular weight excluding hydrogens is 584 g/mol. The summed E-state index contributed by atoms with van der Waals surface area (Å²) in [5.41, 5.74) is 2.72. The summed E-state index contributed by atoms with van der Waals surface area (Å²) in [6.45, 7) is 1.42. The standard InChI is InChI=1S/C29H32N4O5S2.ClH/c1-31(2)18-19-32(29-30-26-24(37-3)15-16-25(38-4)27(26)39-29)28(34)21-11-13-22(14-12-21)40(35,36)33-17-7-9-20-8-5-6-10-23(20)33;/h5-6,8,10-16H,7,9,17-19H2,1-4H3;1H. The third kappa shape index (κ3) is 5.99. The van der Waals surface area contributed by atoms with Gasteiger partial charge >= 0.3 is 0 Å². The number of para-hydroxylation sites is 1. The van der Waals surface area contributed by atoms with Crippen molar-refractivity contribution in [3.63, 3.8) is 0 Å². The summed E-state index contributed by atoms with van der Waals surface area (Å²) in [5, 5.41) is 0.506. The van der Waals surface area contributed by atoms with E-state index in [0.29, 0.717) is 53.0 Å². The van der Waals surface area contributed by atoms with Gasteiger partial charge in [0.2, 0.25) is 0 Å². The van der Waals surface area contributed by atoms with Crippen molar-refractivity contribution in [1.82, 2.24) is 9.88 Å². The number of hydrogen-bond acceptors (Lipinski definition) is 8. The number of halogens is 1. The maximum Gasteiger partial charge on any atom is 0.264 e. The van der Waals surface area contributed by atoms with E-state index in [4.69, 9.17) is 14.5 Å². The minimum atomic E-state index is -3.78. The minimum absolute atomic E-state index is 0. The van der Waals surface area contributed by atoms with E-state index in [0.717, 1.165) is 23.1 Å². The average Bonchev–Trinajstić information content (AvgIpc) is 3.41. The van der Waals surface area contributed by atoms with Gasteiger partial charge in [-0.05, 0) is 75.0 Å². The fourth-order valence-corrected chi connectivity index (χ4v) is 7.41. The second-order valence-electron chi connectivity index (χ2n) is 9.74. The largest absolute Gasteiger partial charge is 0.495 e. The van der Waals surface area contributed by atoms with Crippen molar-refractivity contribution < 1.29 is 22.7 Å². The summed E-state index contributed by atoms with van der Waals surface area (Å²) >= 11 is 1.35. The molecule has 0 N–H and O–H groups in total. The Labute approximate surface area is 250 Å². The molecule has 0 atom stereocenters. The molecule has 0 saturated heterocycles. The molecule has 4 aromatic rings. The van der Waals surface area contributed by atoms with E-state index in [9.17, 15) is 13.2 Å². The predicted octanol–water partition coefficient (Wildman–Crippen LogP) is 5.09. The van der Waals surface area contributed by atoms with E-state index in [-0.39, 0.29) is 23.2 Å². The number of methoxy groups -OCH3 is 2. The summed E-state index contributed by atoms with van der Waals surface area (Å²) in [7, 11) is 3.26. The smallest absolute Gasteiger partial charge is 0.264 e. The molecule has 0 radical (unpaired) electrons. The van der Waals surface area contributed by atoms with Crippen LogP contribution in [-0.2, 0) is 16.4 Å². The summed E-state index contributed by atoms with van der Waals surface area (Å²) in [5.74, 6) is 0.965. The molecule has 1 aliphatic rings. The molecule has 1 aromatic heterocycles. The lowest BCUT2D eigenvalue weighted by Crippen LogP contribution is -2.37. The average molecular weight is 617 g/mol. The van der Waals surface area contributed by atoms with Crippen LogP contribution in [0.15, 0.2) is 65.6 Å². The van der Waals surface area contributed by atoms with E-state index in [1.807, 2.05) is 49.3 Å². The highest BCUT2D eigenvalue weighted by Gasteiger charge is 2.30. The number of fused-ring (bicyclic) bond motifs is 2. The number of aryl methyl sites for hydroxylation is 1. The summed E-state index contributed by atoms with van der Waals surface area (Å²) < 4.78 is 40.4. The molecule has 41 heavy (non-hydrogen) atoms. The number of amides is 1. The fourth-order valence-electron chi connectivity index (χ4n) is 4.78. The highest BCUT2D eigenvalue weighted by Crippen LogP contribution is 2.40. The molecule has 218 valence electrons. The number of ether oxygens (including phenoxy) is 2. The van der Waals surface area contributed by atoms with Crippen LogP contribution in [0.25, 0.3) is 10.2 Å². The van der Waals surface area contributed by atoms with Gasteiger partial charge < -0.3 is 14.4 Å². The van der Waals surface area contributed by atoms with E-state index < -0.39 is 10.0 Å². The van der Waals surface area contributed by atoms with E-state index in [2.05, 4.69) is 0 Å². The highest BCUT2D eigenvalue weighted by molar-refractivity contribution is 7.92. The number of likely N-dealkylation sites (N-methyl/N-ethyl adjacent to an activating group) is 1. The number of hydrogen-bond donors (Lipinski definition) is 0. The maximum absolute atomic E-state index is 13.8. The van der Waals surface area contributed by atoms with Gasteiger partial charge in [-0.25, -0.2) is 13.4 Å². The van der Waals surface area contributed by atoms with Crippen LogP contribution in [-0.4, -0.2) is 72.2 Å². The van der Waals surface area contributed by atoms with Crippen molar-refractivity contribution in [2.75, 3.05) is 57.2 Å². The number of thiazole rings is 1. The molecule has 0 aliphatic carbocycles. The van der Waals surface area contributed by atoms with Crippen LogP contribution in [0, 0.1) is 0 Å². The number of benzene rings is 3. The normalized spacial score (nSPS) is 13.0. The van der Waals surface area contributed by atoms with Crippen LogP contribution in [0.1, 0.15) is 22.3 Å². The summed E-state index contributed by atoms with van der Waals surface area (Å²) in [6.07, 6.45) is 1.60.